The van der Waals surface area contributed by atoms with Crippen LogP contribution in [0.25, 0.3) is 11.0 Å². The molecule has 1 aliphatic carbocycles. The van der Waals surface area contributed by atoms with Crippen LogP contribution in [0.3, 0.4) is 0 Å². The first-order valence-corrected chi connectivity index (χ1v) is 12.4. The molecule has 2 heterocycles. The maximum absolute atomic E-state index is 13.3. The molecule has 4 aromatic rings. The highest BCUT2D eigenvalue weighted by molar-refractivity contribution is 6.30. The van der Waals surface area contributed by atoms with Crippen LogP contribution in [0, 0.1) is 0 Å². The van der Waals surface area contributed by atoms with Gasteiger partial charge in [-0.05, 0) is 48.2 Å². The topological polar surface area (TPSA) is 81.8 Å². The van der Waals surface area contributed by atoms with Gasteiger partial charge in [-0.15, -0.1) is 0 Å². The van der Waals surface area contributed by atoms with Crippen molar-refractivity contribution in [3.8, 4) is 0 Å². The molecule has 0 atom stereocenters. The van der Waals surface area contributed by atoms with Gasteiger partial charge in [-0.2, -0.15) is 5.10 Å². The van der Waals surface area contributed by atoms with Crippen molar-refractivity contribution in [1.29, 1.82) is 0 Å². The summed E-state index contributed by atoms with van der Waals surface area (Å²) in [6.45, 7) is 1.20. The van der Waals surface area contributed by atoms with E-state index < -0.39 is 5.41 Å². The molecule has 2 aromatic heterocycles. The summed E-state index contributed by atoms with van der Waals surface area (Å²) in [6.07, 6.45) is 6.75. The van der Waals surface area contributed by atoms with Crippen LogP contribution in [0.5, 0.6) is 0 Å². The summed E-state index contributed by atoms with van der Waals surface area (Å²) in [6, 6.07) is 14.9. The number of benzene rings is 2. The first-order valence-electron chi connectivity index (χ1n) is 11.7. The summed E-state index contributed by atoms with van der Waals surface area (Å²) in [7, 11) is 0. The molecule has 35 heavy (non-hydrogen) atoms. The summed E-state index contributed by atoms with van der Waals surface area (Å²) in [5, 5.41) is 9.20. The SMILES string of the molecule is O=C(NCCn1ncc2c(=O)n(Cc3ccc(Cl)cc3)cnc21)C1(c2ccc(Cl)cc2)CCCC1. The van der Waals surface area contributed by atoms with Crippen molar-refractivity contribution in [3.05, 3.63) is 92.6 Å². The molecule has 180 valence electrons. The van der Waals surface area contributed by atoms with Gasteiger partial charge in [-0.25, -0.2) is 9.67 Å². The molecule has 0 unspecified atom stereocenters. The molecule has 7 nitrogen and oxygen atoms in total. The molecular weight excluding hydrogens is 485 g/mol. The molecule has 0 bridgehead atoms. The molecular formula is C26H25Cl2N5O2. The zero-order chi connectivity index (χ0) is 24.4. The largest absolute Gasteiger partial charge is 0.353 e. The van der Waals surface area contributed by atoms with Gasteiger partial charge in [0.25, 0.3) is 5.56 Å². The molecule has 2 aromatic carbocycles. The van der Waals surface area contributed by atoms with Gasteiger partial charge < -0.3 is 5.32 Å². The van der Waals surface area contributed by atoms with E-state index in [1.807, 2.05) is 36.4 Å². The van der Waals surface area contributed by atoms with Gasteiger partial charge >= 0.3 is 0 Å². The standard InChI is InChI=1S/C26H25Cl2N5O2/c27-20-7-3-18(4-8-20)16-32-17-30-23-22(24(32)34)15-31-33(23)14-13-29-25(35)26(11-1-2-12-26)19-5-9-21(28)10-6-19/h3-10,15,17H,1-2,11-14,16H2,(H,29,35). The zero-order valence-electron chi connectivity index (χ0n) is 19.1. The number of amides is 1. The molecule has 1 amide bonds. The van der Waals surface area contributed by atoms with Crippen molar-refractivity contribution < 1.29 is 4.79 Å². The van der Waals surface area contributed by atoms with Crippen molar-refractivity contribution in [1.82, 2.24) is 24.6 Å². The molecule has 0 aliphatic heterocycles. The first kappa shape index (κ1) is 23.6. The Balaban J connectivity index is 1.28. The minimum Gasteiger partial charge on any atom is -0.353 e. The van der Waals surface area contributed by atoms with Crippen LogP contribution in [0.1, 0.15) is 36.8 Å². The predicted molar refractivity (Wildman–Crippen MR) is 137 cm³/mol. The Kier molecular flexibility index (Phi) is 6.62. The van der Waals surface area contributed by atoms with Gasteiger partial charge in [0.1, 0.15) is 11.7 Å². The molecule has 0 spiro atoms. The maximum Gasteiger partial charge on any atom is 0.264 e. The Morgan fingerprint density at radius 3 is 2.34 bits per heavy atom. The van der Waals surface area contributed by atoms with E-state index in [9.17, 15) is 9.59 Å². The van der Waals surface area contributed by atoms with Crippen molar-refractivity contribution in [3.63, 3.8) is 0 Å². The highest BCUT2D eigenvalue weighted by atomic mass is 35.5. The van der Waals surface area contributed by atoms with Crippen molar-refractivity contribution in [2.75, 3.05) is 6.54 Å². The second-order valence-corrected chi connectivity index (χ2v) is 9.83. The quantitative estimate of drug-likeness (QED) is 0.395. The van der Waals surface area contributed by atoms with E-state index in [0.717, 1.165) is 36.8 Å². The second kappa shape index (κ2) is 9.84. The smallest absolute Gasteiger partial charge is 0.264 e. The van der Waals surface area contributed by atoms with Crippen LogP contribution in [-0.4, -0.2) is 31.8 Å². The molecule has 5 rings (SSSR count). The molecule has 1 N–H and O–H groups in total. The monoisotopic (exact) mass is 509 g/mol. The van der Waals surface area contributed by atoms with E-state index >= 15 is 0 Å². The van der Waals surface area contributed by atoms with Gasteiger partial charge in [0, 0.05) is 16.6 Å². The van der Waals surface area contributed by atoms with Crippen LogP contribution >= 0.6 is 23.2 Å². The van der Waals surface area contributed by atoms with E-state index in [1.54, 1.807) is 21.4 Å². The molecule has 1 saturated carbocycles. The fourth-order valence-corrected chi connectivity index (χ4v) is 5.15. The number of carbonyl (C=O) groups excluding carboxylic acids is 1. The number of nitrogens with zero attached hydrogens (tertiary/aromatic N) is 4. The lowest BCUT2D eigenvalue weighted by Gasteiger charge is -2.28. The summed E-state index contributed by atoms with van der Waals surface area (Å²) in [5.41, 5.74) is 1.78. The normalized spacial score (nSPS) is 14.9. The van der Waals surface area contributed by atoms with Crippen LogP contribution in [0.2, 0.25) is 10.0 Å². The Bertz CT molecular complexity index is 1400. The lowest BCUT2D eigenvalue weighted by atomic mass is 9.78. The van der Waals surface area contributed by atoms with Gasteiger partial charge in [0.15, 0.2) is 5.65 Å². The number of hydrogen-bond donors (Lipinski definition) is 1. The summed E-state index contributed by atoms with van der Waals surface area (Å²) in [4.78, 5) is 30.7. The average Bonchev–Trinajstić information content (AvgIpc) is 3.52. The van der Waals surface area contributed by atoms with Crippen LogP contribution in [0.15, 0.2) is 65.8 Å². The number of halogens is 2. The number of aromatic nitrogens is 4. The van der Waals surface area contributed by atoms with Crippen molar-refractivity contribution in [2.24, 2.45) is 0 Å². The van der Waals surface area contributed by atoms with Gasteiger partial charge in [-0.3, -0.25) is 14.2 Å². The highest BCUT2D eigenvalue weighted by Crippen LogP contribution is 2.41. The molecule has 1 aliphatic rings. The third-order valence-electron chi connectivity index (χ3n) is 6.79. The van der Waals surface area contributed by atoms with E-state index in [4.69, 9.17) is 23.2 Å². The Morgan fingerprint density at radius 2 is 1.66 bits per heavy atom. The molecule has 0 radical (unpaired) electrons. The zero-order valence-corrected chi connectivity index (χ0v) is 20.6. The van der Waals surface area contributed by atoms with Crippen LogP contribution in [0.4, 0.5) is 0 Å². The minimum atomic E-state index is -0.523. The van der Waals surface area contributed by atoms with Crippen molar-refractivity contribution >= 4 is 40.1 Å². The van der Waals surface area contributed by atoms with E-state index in [1.165, 1.54) is 12.5 Å². The number of hydrogen-bond acceptors (Lipinski definition) is 4. The third-order valence-corrected chi connectivity index (χ3v) is 7.29. The van der Waals surface area contributed by atoms with E-state index in [0.29, 0.717) is 40.7 Å². The Hall–Kier alpha value is -3.16. The summed E-state index contributed by atoms with van der Waals surface area (Å²) < 4.78 is 3.21. The number of fused-ring (bicyclic) bond motifs is 1. The number of rotatable bonds is 7. The Morgan fingerprint density at radius 1 is 1.00 bits per heavy atom. The second-order valence-electron chi connectivity index (χ2n) is 8.96. The van der Waals surface area contributed by atoms with E-state index in [2.05, 4.69) is 15.4 Å². The maximum atomic E-state index is 13.3. The highest BCUT2D eigenvalue weighted by Gasteiger charge is 2.42. The third kappa shape index (κ3) is 4.70. The van der Waals surface area contributed by atoms with Gasteiger partial charge in [0.05, 0.1) is 24.7 Å². The molecule has 1 fully saturated rings. The number of nitrogens with one attached hydrogen (secondary N) is 1. The van der Waals surface area contributed by atoms with E-state index in [-0.39, 0.29) is 11.5 Å². The fraction of sp³-hybridized carbons (Fsp3) is 0.308. The lowest BCUT2D eigenvalue weighted by molar-refractivity contribution is -0.126. The fourth-order valence-electron chi connectivity index (χ4n) is 4.90. The minimum absolute atomic E-state index is 0.0204. The van der Waals surface area contributed by atoms with Crippen LogP contribution in [-0.2, 0) is 23.3 Å². The molecule has 9 heteroatoms. The summed E-state index contributed by atoms with van der Waals surface area (Å²) in [5.74, 6) is 0.0204. The first-order chi connectivity index (χ1) is 17.0. The Labute approximate surface area is 212 Å². The molecule has 0 saturated heterocycles. The number of carbonyl (C=O) groups is 1. The van der Waals surface area contributed by atoms with Crippen molar-refractivity contribution in [2.45, 2.75) is 44.2 Å². The van der Waals surface area contributed by atoms with Gasteiger partial charge in [0.2, 0.25) is 5.91 Å². The summed E-state index contributed by atoms with van der Waals surface area (Å²) >= 11 is 12.0. The predicted octanol–water partition coefficient (Wildman–Crippen LogP) is 4.58. The van der Waals surface area contributed by atoms with Gasteiger partial charge in [-0.1, -0.05) is 60.3 Å². The van der Waals surface area contributed by atoms with Crippen LogP contribution < -0.4 is 10.9 Å². The lowest BCUT2D eigenvalue weighted by Crippen LogP contribution is -2.43. The average molecular weight is 510 g/mol.